The topological polar surface area (TPSA) is 106 Å². The van der Waals surface area contributed by atoms with Crippen molar-refractivity contribution < 1.29 is 23.5 Å². The van der Waals surface area contributed by atoms with Gasteiger partial charge >= 0.3 is 0 Å². The van der Waals surface area contributed by atoms with Gasteiger partial charge in [-0.3, -0.25) is 14.4 Å². The molecule has 4 rings (SSSR count). The molecule has 0 aliphatic carbocycles. The Hall–Kier alpha value is -2.98. The van der Waals surface area contributed by atoms with Crippen LogP contribution in [-0.4, -0.2) is 64.7 Å². The third-order valence-corrected chi connectivity index (χ3v) is 6.14. The van der Waals surface area contributed by atoms with E-state index in [1.165, 1.54) is 27.8 Å². The number of hydrogen-bond acceptors (Lipinski definition) is 5. The molecule has 1 atom stereocenters. The minimum atomic E-state index is -0.904. The summed E-state index contributed by atoms with van der Waals surface area (Å²) in [5.74, 6) is -1.69. The molecule has 2 N–H and O–H groups in total. The van der Waals surface area contributed by atoms with Gasteiger partial charge in [-0.25, -0.2) is 9.07 Å². The number of carbonyl (C=O) groups is 3. The number of rotatable bonds is 4. The molecular weight excluding hydrogens is 465 g/mol. The van der Waals surface area contributed by atoms with Crippen molar-refractivity contribution in [2.24, 2.45) is 5.41 Å². The Kier molecular flexibility index (Phi) is 6.64. The molecule has 182 valence electrons. The van der Waals surface area contributed by atoms with Crippen molar-refractivity contribution in [3.8, 4) is 5.69 Å². The zero-order valence-corrected chi connectivity index (χ0v) is 20.0. The largest absolute Gasteiger partial charge is 0.376 e. The summed E-state index contributed by atoms with van der Waals surface area (Å²) in [6.07, 6.45) is 0.437. The number of fused-ring (bicyclic) bond motifs is 1. The van der Waals surface area contributed by atoms with Gasteiger partial charge in [0.2, 0.25) is 11.8 Å². The molecule has 0 bridgehead atoms. The predicted molar refractivity (Wildman–Crippen MR) is 122 cm³/mol. The van der Waals surface area contributed by atoms with E-state index in [0.29, 0.717) is 42.4 Å². The molecule has 2 aromatic rings. The van der Waals surface area contributed by atoms with Crippen LogP contribution in [0.2, 0.25) is 5.02 Å². The van der Waals surface area contributed by atoms with Gasteiger partial charge in [-0.1, -0.05) is 32.4 Å². The van der Waals surface area contributed by atoms with E-state index in [1.54, 1.807) is 0 Å². The molecule has 2 aliphatic rings. The third kappa shape index (κ3) is 4.78. The fraction of sp³-hybridized carbons (Fsp3) is 0.478. The Balaban J connectivity index is 1.67. The van der Waals surface area contributed by atoms with Crippen LogP contribution in [0.3, 0.4) is 0 Å². The molecular formula is C23H27ClFN5O4. The fourth-order valence-corrected chi connectivity index (χ4v) is 4.29. The van der Waals surface area contributed by atoms with Gasteiger partial charge in [0.15, 0.2) is 5.69 Å². The summed E-state index contributed by atoms with van der Waals surface area (Å²) in [7, 11) is 0. The normalized spacial score (nSPS) is 17.1. The highest BCUT2D eigenvalue weighted by molar-refractivity contribution is 6.30. The molecule has 9 nitrogen and oxygen atoms in total. The van der Waals surface area contributed by atoms with Crippen molar-refractivity contribution in [3.63, 3.8) is 0 Å². The van der Waals surface area contributed by atoms with Gasteiger partial charge in [0, 0.05) is 30.1 Å². The summed E-state index contributed by atoms with van der Waals surface area (Å²) in [6.45, 7) is 6.69. The van der Waals surface area contributed by atoms with Crippen LogP contribution < -0.4 is 10.6 Å². The summed E-state index contributed by atoms with van der Waals surface area (Å²) in [4.78, 5) is 39.9. The zero-order chi connectivity index (χ0) is 24.6. The van der Waals surface area contributed by atoms with Crippen LogP contribution in [0.1, 0.15) is 42.5 Å². The van der Waals surface area contributed by atoms with E-state index < -0.39 is 23.2 Å². The number of benzene rings is 1. The van der Waals surface area contributed by atoms with Crippen molar-refractivity contribution in [1.29, 1.82) is 0 Å². The van der Waals surface area contributed by atoms with Crippen LogP contribution in [0, 0.1) is 11.2 Å². The fourth-order valence-electron chi connectivity index (χ4n) is 4.12. The summed E-state index contributed by atoms with van der Waals surface area (Å²) in [5, 5.41) is 10.3. The van der Waals surface area contributed by atoms with Gasteiger partial charge in [0.25, 0.3) is 5.91 Å². The maximum absolute atomic E-state index is 14.6. The average Bonchev–Trinajstić information content (AvgIpc) is 3.17. The van der Waals surface area contributed by atoms with Crippen LogP contribution in [0.15, 0.2) is 18.2 Å². The van der Waals surface area contributed by atoms with Gasteiger partial charge in [0.1, 0.15) is 17.5 Å². The minimum absolute atomic E-state index is 0.0623. The van der Waals surface area contributed by atoms with Crippen molar-refractivity contribution in [2.75, 3.05) is 26.2 Å². The Morgan fingerprint density at radius 1 is 1.32 bits per heavy atom. The smallest absolute Gasteiger partial charge is 0.272 e. The van der Waals surface area contributed by atoms with Crippen molar-refractivity contribution in [3.05, 3.63) is 46.0 Å². The first-order valence-electron chi connectivity index (χ1n) is 11.1. The molecule has 1 unspecified atom stereocenters. The average molecular weight is 492 g/mol. The molecule has 11 heteroatoms. The number of hydrogen-bond donors (Lipinski definition) is 2. The maximum Gasteiger partial charge on any atom is 0.272 e. The van der Waals surface area contributed by atoms with Crippen molar-refractivity contribution >= 4 is 29.3 Å². The second kappa shape index (κ2) is 9.34. The van der Waals surface area contributed by atoms with Crippen molar-refractivity contribution in [2.45, 2.75) is 39.8 Å². The number of nitrogens with one attached hydrogen (secondary N) is 2. The molecule has 3 heterocycles. The van der Waals surface area contributed by atoms with Crippen LogP contribution in [0.25, 0.3) is 5.69 Å². The second-order valence-corrected chi connectivity index (χ2v) is 9.90. The first-order valence-corrected chi connectivity index (χ1v) is 11.4. The Bertz CT molecular complexity index is 1140. The van der Waals surface area contributed by atoms with Crippen LogP contribution in [0.5, 0.6) is 0 Å². The highest BCUT2D eigenvalue weighted by atomic mass is 35.5. The molecule has 34 heavy (non-hydrogen) atoms. The van der Waals surface area contributed by atoms with Crippen molar-refractivity contribution in [1.82, 2.24) is 25.3 Å². The minimum Gasteiger partial charge on any atom is -0.376 e. The summed E-state index contributed by atoms with van der Waals surface area (Å²) < 4.78 is 21.5. The standard InChI is InChI=1S/C23H27ClFN5O4/c1-23(2,3)20(22(33)29-8-7-26-18(31)11-29)27-21(32)19-14-12-34-9-6-16(14)30(28-19)17-10-13(24)4-5-15(17)25/h4-5,10,20H,6-9,11-12H2,1-3H3,(H,26,31)(H,27,32). The molecule has 1 saturated heterocycles. The number of ether oxygens (including phenoxy) is 1. The van der Waals surface area contributed by atoms with Gasteiger partial charge < -0.3 is 20.3 Å². The molecule has 1 fully saturated rings. The van der Waals surface area contributed by atoms with Gasteiger partial charge in [-0.05, 0) is 23.6 Å². The first-order chi connectivity index (χ1) is 16.1. The Labute approximate surface area is 201 Å². The summed E-state index contributed by atoms with van der Waals surface area (Å²) in [6, 6.07) is 3.23. The SMILES string of the molecule is CC(C)(C)C(NC(=O)c1nn(-c2cc(Cl)ccc2F)c2c1COCC2)C(=O)N1CCNC(=O)C1. The molecule has 2 aliphatic heterocycles. The summed E-state index contributed by atoms with van der Waals surface area (Å²) in [5.41, 5.74) is 0.753. The molecule has 3 amide bonds. The van der Waals surface area contributed by atoms with E-state index in [4.69, 9.17) is 16.3 Å². The van der Waals surface area contributed by atoms with Gasteiger partial charge in [-0.15, -0.1) is 0 Å². The molecule has 0 saturated carbocycles. The van der Waals surface area contributed by atoms with Gasteiger partial charge in [-0.2, -0.15) is 5.10 Å². The van der Waals surface area contributed by atoms with E-state index >= 15 is 0 Å². The van der Waals surface area contributed by atoms with Crippen LogP contribution in [0.4, 0.5) is 4.39 Å². The monoisotopic (exact) mass is 491 g/mol. The van der Waals surface area contributed by atoms with Gasteiger partial charge in [0.05, 0.1) is 25.5 Å². The maximum atomic E-state index is 14.6. The van der Waals surface area contributed by atoms with E-state index in [0.717, 1.165) is 0 Å². The number of halogens is 2. The van der Waals surface area contributed by atoms with E-state index in [2.05, 4.69) is 15.7 Å². The van der Waals surface area contributed by atoms with E-state index in [9.17, 15) is 18.8 Å². The Morgan fingerprint density at radius 3 is 2.79 bits per heavy atom. The lowest BCUT2D eigenvalue weighted by molar-refractivity contribution is -0.141. The van der Waals surface area contributed by atoms with E-state index in [1.807, 2.05) is 20.8 Å². The highest BCUT2D eigenvalue weighted by Gasteiger charge is 2.38. The molecule has 0 spiro atoms. The molecule has 0 radical (unpaired) electrons. The second-order valence-electron chi connectivity index (χ2n) is 9.47. The number of aromatic nitrogens is 2. The predicted octanol–water partition coefficient (Wildman–Crippen LogP) is 1.84. The molecule has 1 aromatic carbocycles. The number of amides is 3. The quantitative estimate of drug-likeness (QED) is 0.679. The lowest BCUT2D eigenvalue weighted by Gasteiger charge is -2.36. The lowest BCUT2D eigenvalue weighted by atomic mass is 9.85. The zero-order valence-electron chi connectivity index (χ0n) is 19.3. The lowest BCUT2D eigenvalue weighted by Crippen LogP contribution is -2.59. The van der Waals surface area contributed by atoms with E-state index in [-0.39, 0.29) is 36.3 Å². The van der Waals surface area contributed by atoms with Crippen LogP contribution in [-0.2, 0) is 27.4 Å². The Morgan fingerprint density at radius 2 is 2.09 bits per heavy atom. The number of carbonyl (C=O) groups excluding carboxylic acids is 3. The first kappa shape index (κ1) is 24.2. The highest BCUT2D eigenvalue weighted by Crippen LogP contribution is 2.28. The number of piperazine rings is 1. The summed E-state index contributed by atoms with van der Waals surface area (Å²) >= 11 is 6.07. The third-order valence-electron chi connectivity index (χ3n) is 5.91. The molecule has 1 aromatic heterocycles. The number of nitrogens with zero attached hydrogens (tertiary/aromatic N) is 3. The van der Waals surface area contributed by atoms with Crippen LogP contribution >= 0.6 is 11.6 Å².